The molecule has 2 rings (SSSR count). The molecule has 0 saturated heterocycles. The van der Waals surface area contributed by atoms with Crippen LogP contribution in [0.2, 0.25) is 0 Å². The van der Waals surface area contributed by atoms with E-state index in [2.05, 4.69) is 10.3 Å². The lowest BCUT2D eigenvalue weighted by molar-refractivity contribution is -0.138. The summed E-state index contributed by atoms with van der Waals surface area (Å²) >= 11 is 1.14. The van der Waals surface area contributed by atoms with Crippen LogP contribution >= 0.6 is 11.3 Å². The molecule has 1 amide bonds. The molecule has 29 heavy (non-hydrogen) atoms. The van der Waals surface area contributed by atoms with Crippen LogP contribution in [0.5, 0.6) is 0 Å². The van der Waals surface area contributed by atoms with Crippen LogP contribution in [-0.2, 0) is 28.6 Å². The van der Waals surface area contributed by atoms with Crippen molar-refractivity contribution in [3.63, 3.8) is 0 Å². The molecule has 0 atom stereocenters. The summed E-state index contributed by atoms with van der Waals surface area (Å²) in [5, 5.41) is 4.44. The number of benzene rings is 1. The number of aromatic nitrogens is 1. The molecule has 0 radical (unpaired) electrons. The van der Waals surface area contributed by atoms with Crippen molar-refractivity contribution in [2.45, 2.75) is 45.5 Å². The van der Waals surface area contributed by atoms with E-state index in [-0.39, 0.29) is 30.8 Å². The molecule has 1 aromatic heterocycles. The maximum atomic E-state index is 13.0. The monoisotopic (exact) mass is 430 g/mol. The molecular formula is C19H21F3N2O4S. The van der Waals surface area contributed by atoms with Crippen LogP contribution in [0, 0.1) is 0 Å². The van der Waals surface area contributed by atoms with Crippen LogP contribution in [0.15, 0.2) is 29.6 Å². The fraction of sp³-hybridized carbons (Fsp3) is 0.421. The van der Waals surface area contributed by atoms with Gasteiger partial charge in [0, 0.05) is 11.8 Å². The van der Waals surface area contributed by atoms with Crippen molar-refractivity contribution >= 4 is 23.4 Å². The molecule has 1 aromatic carbocycles. The SMILES string of the molecule is CC(C)(C)OC(=O)NCc1nc(C(=O)OCCc2ccccc2C(F)(F)F)cs1. The first kappa shape index (κ1) is 22.7. The standard InChI is InChI=1S/C19H21F3N2O4S/c1-18(2,3)28-17(26)23-10-15-24-14(11-29-15)16(25)27-9-8-12-6-4-5-7-13(12)19(20,21)22/h4-7,11H,8-10H2,1-3H3,(H,23,26). The highest BCUT2D eigenvalue weighted by atomic mass is 32.1. The number of hydrogen-bond acceptors (Lipinski definition) is 6. The van der Waals surface area contributed by atoms with E-state index in [1.54, 1.807) is 20.8 Å². The molecule has 158 valence electrons. The molecule has 0 aliphatic heterocycles. The Morgan fingerprint density at radius 3 is 2.52 bits per heavy atom. The Morgan fingerprint density at radius 1 is 1.17 bits per heavy atom. The summed E-state index contributed by atoms with van der Waals surface area (Å²) in [7, 11) is 0. The predicted octanol–water partition coefficient (Wildman–Crippen LogP) is 4.59. The van der Waals surface area contributed by atoms with Crippen LogP contribution in [-0.4, -0.2) is 29.3 Å². The number of halogens is 3. The number of ether oxygens (including phenoxy) is 2. The van der Waals surface area contributed by atoms with Gasteiger partial charge in [0.15, 0.2) is 5.69 Å². The zero-order valence-corrected chi connectivity index (χ0v) is 16.9. The Balaban J connectivity index is 1.85. The van der Waals surface area contributed by atoms with Gasteiger partial charge in [0.2, 0.25) is 0 Å². The molecule has 6 nitrogen and oxygen atoms in total. The molecule has 1 heterocycles. The zero-order valence-electron chi connectivity index (χ0n) is 16.1. The Hall–Kier alpha value is -2.62. The van der Waals surface area contributed by atoms with Crippen molar-refractivity contribution < 1.29 is 32.2 Å². The number of esters is 1. The van der Waals surface area contributed by atoms with Gasteiger partial charge in [-0.3, -0.25) is 0 Å². The van der Waals surface area contributed by atoms with E-state index >= 15 is 0 Å². The number of nitrogens with one attached hydrogen (secondary N) is 1. The van der Waals surface area contributed by atoms with Gasteiger partial charge in [-0.1, -0.05) is 18.2 Å². The van der Waals surface area contributed by atoms with E-state index < -0.39 is 29.4 Å². The number of nitrogens with zero attached hydrogens (tertiary/aromatic N) is 1. The van der Waals surface area contributed by atoms with Crippen molar-refractivity contribution in [3.05, 3.63) is 51.5 Å². The average Bonchev–Trinajstić information content (AvgIpc) is 3.07. The molecule has 0 bridgehead atoms. The van der Waals surface area contributed by atoms with Crippen LogP contribution in [0.3, 0.4) is 0 Å². The molecule has 0 spiro atoms. The first-order valence-electron chi connectivity index (χ1n) is 8.69. The molecule has 0 unspecified atom stereocenters. The highest BCUT2D eigenvalue weighted by molar-refractivity contribution is 7.09. The number of alkyl halides is 3. The van der Waals surface area contributed by atoms with Gasteiger partial charge in [0.05, 0.1) is 18.7 Å². The summed E-state index contributed by atoms with van der Waals surface area (Å²) < 4.78 is 49.0. The van der Waals surface area contributed by atoms with Crippen molar-refractivity contribution in [3.8, 4) is 0 Å². The smallest absolute Gasteiger partial charge is 0.416 e. The minimum Gasteiger partial charge on any atom is -0.461 e. The fourth-order valence-corrected chi connectivity index (χ4v) is 2.99. The first-order chi connectivity index (χ1) is 13.5. The number of alkyl carbamates (subject to hydrolysis) is 1. The van der Waals surface area contributed by atoms with Crippen molar-refractivity contribution in [1.29, 1.82) is 0 Å². The van der Waals surface area contributed by atoms with Gasteiger partial charge in [0.25, 0.3) is 0 Å². The van der Waals surface area contributed by atoms with Crippen molar-refractivity contribution in [2.24, 2.45) is 0 Å². The van der Waals surface area contributed by atoms with Gasteiger partial charge >= 0.3 is 18.2 Å². The lowest BCUT2D eigenvalue weighted by Gasteiger charge is -2.19. The molecule has 0 fully saturated rings. The number of amides is 1. The Kier molecular flexibility index (Phi) is 7.23. The Morgan fingerprint density at radius 2 is 1.86 bits per heavy atom. The summed E-state index contributed by atoms with van der Waals surface area (Å²) in [5.41, 5.74) is -1.30. The number of hydrogen-bond donors (Lipinski definition) is 1. The van der Waals surface area contributed by atoms with E-state index in [9.17, 15) is 22.8 Å². The second-order valence-corrected chi connectivity index (χ2v) is 7.97. The number of carbonyl (C=O) groups is 2. The molecule has 2 aromatic rings. The second-order valence-electron chi connectivity index (χ2n) is 7.02. The summed E-state index contributed by atoms with van der Waals surface area (Å²) in [5.74, 6) is -0.741. The molecule has 10 heteroatoms. The third-order valence-electron chi connectivity index (χ3n) is 3.47. The van der Waals surface area contributed by atoms with E-state index in [0.29, 0.717) is 5.01 Å². The van der Waals surface area contributed by atoms with Crippen LogP contribution in [0.25, 0.3) is 0 Å². The molecule has 0 aliphatic carbocycles. The molecular weight excluding hydrogens is 409 g/mol. The average molecular weight is 430 g/mol. The quantitative estimate of drug-likeness (QED) is 0.679. The highest BCUT2D eigenvalue weighted by Gasteiger charge is 2.32. The number of rotatable bonds is 6. The minimum absolute atomic E-state index is 0.0279. The summed E-state index contributed by atoms with van der Waals surface area (Å²) in [4.78, 5) is 27.7. The zero-order chi connectivity index (χ0) is 21.7. The Bertz CT molecular complexity index is 860. The van der Waals surface area contributed by atoms with Crippen molar-refractivity contribution in [2.75, 3.05) is 6.61 Å². The normalized spacial score (nSPS) is 11.8. The van der Waals surface area contributed by atoms with Crippen LogP contribution in [0.4, 0.5) is 18.0 Å². The van der Waals surface area contributed by atoms with Gasteiger partial charge in [-0.25, -0.2) is 14.6 Å². The highest BCUT2D eigenvalue weighted by Crippen LogP contribution is 2.32. The molecule has 0 saturated carbocycles. The number of carbonyl (C=O) groups excluding carboxylic acids is 2. The van der Waals surface area contributed by atoms with Gasteiger partial charge in [-0.05, 0) is 32.4 Å². The van der Waals surface area contributed by atoms with E-state index in [1.165, 1.54) is 23.6 Å². The topological polar surface area (TPSA) is 77.5 Å². The second kappa shape index (κ2) is 9.25. The van der Waals surface area contributed by atoms with Gasteiger partial charge in [-0.2, -0.15) is 13.2 Å². The maximum absolute atomic E-state index is 13.0. The summed E-state index contributed by atoms with van der Waals surface area (Å²) in [6.45, 7) is 5.06. The predicted molar refractivity (Wildman–Crippen MR) is 101 cm³/mol. The van der Waals surface area contributed by atoms with Crippen LogP contribution < -0.4 is 5.32 Å². The lowest BCUT2D eigenvalue weighted by atomic mass is 10.0. The van der Waals surface area contributed by atoms with Crippen LogP contribution in [0.1, 0.15) is 47.4 Å². The third-order valence-corrected chi connectivity index (χ3v) is 4.32. The summed E-state index contributed by atoms with van der Waals surface area (Å²) in [6.07, 6.45) is -5.15. The van der Waals surface area contributed by atoms with Gasteiger partial charge < -0.3 is 14.8 Å². The van der Waals surface area contributed by atoms with Gasteiger partial charge in [0.1, 0.15) is 10.6 Å². The lowest BCUT2D eigenvalue weighted by Crippen LogP contribution is -2.32. The van der Waals surface area contributed by atoms with E-state index in [4.69, 9.17) is 9.47 Å². The largest absolute Gasteiger partial charge is 0.461 e. The van der Waals surface area contributed by atoms with E-state index in [1.807, 2.05) is 0 Å². The maximum Gasteiger partial charge on any atom is 0.416 e. The molecule has 1 N–H and O–H groups in total. The van der Waals surface area contributed by atoms with Crippen molar-refractivity contribution in [1.82, 2.24) is 10.3 Å². The first-order valence-corrected chi connectivity index (χ1v) is 9.57. The molecule has 0 aliphatic rings. The fourth-order valence-electron chi connectivity index (χ4n) is 2.29. The Labute approximate surface area is 170 Å². The number of thiazole rings is 1. The van der Waals surface area contributed by atoms with Gasteiger partial charge in [-0.15, -0.1) is 11.3 Å². The summed E-state index contributed by atoms with van der Waals surface area (Å²) in [6, 6.07) is 5.14. The minimum atomic E-state index is -4.47. The van der Waals surface area contributed by atoms with E-state index in [0.717, 1.165) is 17.4 Å². The third kappa shape index (κ3) is 7.37.